The van der Waals surface area contributed by atoms with Crippen molar-refractivity contribution in [2.24, 2.45) is 16.8 Å². The number of carbonyl (C=O) groups excluding carboxylic acids is 1. The number of methoxy groups -OCH3 is 1. The molecule has 0 spiro atoms. The number of aliphatic imine (C=N–C) groups is 1. The number of benzene rings is 1. The topological polar surface area (TPSA) is 63.6 Å². The molecule has 1 aliphatic heterocycles. The third-order valence-corrected chi connectivity index (χ3v) is 7.14. The van der Waals surface area contributed by atoms with E-state index in [-0.39, 0.29) is 10.9 Å². The van der Waals surface area contributed by atoms with Gasteiger partial charge in [-0.25, -0.2) is 14.2 Å². The van der Waals surface area contributed by atoms with Gasteiger partial charge in [-0.05, 0) is 36.8 Å². The van der Waals surface area contributed by atoms with Crippen molar-refractivity contribution in [3.8, 4) is 0 Å². The van der Waals surface area contributed by atoms with Crippen molar-refractivity contribution in [1.82, 2.24) is 10.3 Å². The number of nitrogens with zero attached hydrogens (tertiary/aromatic N) is 2. The molecule has 1 N–H and O–H groups in total. The van der Waals surface area contributed by atoms with Crippen LogP contribution in [0.5, 0.6) is 0 Å². The minimum absolute atomic E-state index is 0.172. The number of hydrogen-bond acceptors (Lipinski definition) is 6. The fourth-order valence-corrected chi connectivity index (χ4v) is 5.25. The number of halogens is 2. The number of ether oxygens (including phenoxy) is 1. The zero-order valence-corrected chi connectivity index (χ0v) is 19.1. The first-order valence-electron chi connectivity index (χ1n) is 10.5. The Hall–Kier alpha value is -2.25. The minimum Gasteiger partial charge on any atom is -0.466 e. The molecule has 2 heterocycles. The number of carbonyl (C=O) groups is 1. The molecule has 3 unspecified atom stereocenters. The van der Waals surface area contributed by atoms with Gasteiger partial charge in [0.05, 0.1) is 12.7 Å². The maximum atomic E-state index is 13.7. The zero-order chi connectivity index (χ0) is 22.0. The number of amidine groups is 1. The summed E-state index contributed by atoms with van der Waals surface area (Å²) in [6, 6.07) is 3.48. The Morgan fingerprint density at radius 1 is 1.29 bits per heavy atom. The van der Waals surface area contributed by atoms with Crippen LogP contribution in [0.4, 0.5) is 4.39 Å². The molecule has 1 aromatic heterocycles. The largest absolute Gasteiger partial charge is 0.466 e. The van der Waals surface area contributed by atoms with E-state index in [2.05, 4.69) is 17.2 Å². The second-order valence-electron chi connectivity index (χ2n) is 8.14. The molecule has 4 rings (SSSR count). The molecule has 1 aromatic carbocycles. The van der Waals surface area contributed by atoms with E-state index in [4.69, 9.17) is 21.3 Å². The lowest BCUT2D eigenvalue weighted by Crippen LogP contribution is -2.36. The Morgan fingerprint density at radius 3 is 2.84 bits per heavy atom. The van der Waals surface area contributed by atoms with Crippen LogP contribution in [0.15, 0.2) is 46.0 Å². The van der Waals surface area contributed by atoms with Crippen LogP contribution in [0.1, 0.15) is 55.6 Å². The average molecular weight is 462 g/mol. The van der Waals surface area contributed by atoms with Crippen LogP contribution in [-0.4, -0.2) is 23.9 Å². The van der Waals surface area contributed by atoms with Crippen molar-refractivity contribution < 1.29 is 13.9 Å². The first-order chi connectivity index (χ1) is 15.0. The first kappa shape index (κ1) is 22.0. The number of aromatic nitrogens is 1. The third kappa shape index (κ3) is 4.67. The second kappa shape index (κ2) is 9.49. The Balaban J connectivity index is 1.86. The quantitative estimate of drug-likeness (QED) is 0.470. The van der Waals surface area contributed by atoms with Crippen molar-refractivity contribution in [2.45, 2.75) is 45.1 Å². The summed E-state index contributed by atoms with van der Waals surface area (Å²) in [5, 5.41) is 6.26. The molecule has 0 saturated heterocycles. The van der Waals surface area contributed by atoms with E-state index in [1.165, 1.54) is 37.0 Å². The van der Waals surface area contributed by atoms with Crippen LogP contribution in [0.2, 0.25) is 5.02 Å². The summed E-state index contributed by atoms with van der Waals surface area (Å²) in [4.78, 5) is 22.2. The van der Waals surface area contributed by atoms with Crippen LogP contribution in [0, 0.1) is 17.7 Å². The molecule has 3 atom stereocenters. The molecule has 1 saturated carbocycles. The van der Waals surface area contributed by atoms with Crippen molar-refractivity contribution in [3.63, 3.8) is 0 Å². The van der Waals surface area contributed by atoms with Crippen LogP contribution in [0.25, 0.3) is 0 Å². The van der Waals surface area contributed by atoms with Crippen LogP contribution >= 0.6 is 22.9 Å². The van der Waals surface area contributed by atoms with Crippen molar-refractivity contribution in [1.29, 1.82) is 0 Å². The third-order valence-electron chi connectivity index (χ3n) is 6.04. The van der Waals surface area contributed by atoms with E-state index < -0.39 is 17.8 Å². The fraction of sp³-hybridized carbons (Fsp3) is 0.435. The number of allylic oxidation sites excluding steroid dienone is 1. The van der Waals surface area contributed by atoms with Crippen LogP contribution in [0.3, 0.4) is 0 Å². The molecule has 2 aliphatic rings. The van der Waals surface area contributed by atoms with Crippen LogP contribution in [-0.2, 0) is 9.53 Å². The van der Waals surface area contributed by atoms with Gasteiger partial charge in [0.2, 0.25) is 0 Å². The highest BCUT2D eigenvalue weighted by Crippen LogP contribution is 2.41. The van der Waals surface area contributed by atoms with Gasteiger partial charge < -0.3 is 10.1 Å². The normalized spacial score (nSPS) is 24.3. The molecule has 31 heavy (non-hydrogen) atoms. The molecular weight excluding hydrogens is 437 g/mol. The summed E-state index contributed by atoms with van der Waals surface area (Å²) < 4.78 is 18.9. The highest BCUT2D eigenvalue weighted by atomic mass is 35.5. The lowest BCUT2D eigenvalue weighted by atomic mass is 9.87. The molecular formula is C23H25ClFN3O2S. The molecule has 1 aliphatic carbocycles. The van der Waals surface area contributed by atoms with Gasteiger partial charge in [-0.3, -0.25) is 4.99 Å². The van der Waals surface area contributed by atoms with Gasteiger partial charge in [0.15, 0.2) is 10.8 Å². The molecule has 0 bridgehead atoms. The summed E-state index contributed by atoms with van der Waals surface area (Å²) >= 11 is 7.88. The Labute approximate surface area is 190 Å². The van der Waals surface area contributed by atoms with E-state index >= 15 is 0 Å². The van der Waals surface area contributed by atoms with Gasteiger partial charge >= 0.3 is 5.97 Å². The van der Waals surface area contributed by atoms with E-state index in [9.17, 15) is 9.18 Å². The molecule has 5 nitrogen and oxygen atoms in total. The van der Waals surface area contributed by atoms with E-state index in [1.54, 1.807) is 12.3 Å². The van der Waals surface area contributed by atoms with E-state index in [0.717, 1.165) is 36.4 Å². The first-order valence-corrected chi connectivity index (χ1v) is 11.8. The highest BCUT2D eigenvalue weighted by Gasteiger charge is 2.36. The smallest absolute Gasteiger partial charge is 0.338 e. The standard InChI is InChI=1S/C23H25ClFN3O2S/c1-13-4-3-5-14(7-6-13)19-18(23(29)30-2)20(16-9-8-15(25)12-17(16)24)28-21(27-19)22-26-10-11-31-22/h8-14,20H,3-7H2,1-2H3,(H,27,28). The molecule has 0 radical (unpaired) electrons. The lowest BCUT2D eigenvalue weighted by Gasteiger charge is -2.31. The maximum Gasteiger partial charge on any atom is 0.338 e. The predicted octanol–water partition coefficient (Wildman–Crippen LogP) is 5.67. The summed E-state index contributed by atoms with van der Waals surface area (Å²) in [5.41, 5.74) is 1.83. The Morgan fingerprint density at radius 2 is 2.13 bits per heavy atom. The van der Waals surface area contributed by atoms with Gasteiger partial charge in [-0.2, -0.15) is 0 Å². The minimum atomic E-state index is -0.698. The molecule has 2 aromatic rings. The van der Waals surface area contributed by atoms with Crippen molar-refractivity contribution in [2.75, 3.05) is 7.11 Å². The predicted molar refractivity (Wildman–Crippen MR) is 121 cm³/mol. The maximum absolute atomic E-state index is 13.7. The Bertz CT molecular complexity index is 1020. The number of esters is 1. The van der Waals surface area contributed by atoms with Gasteiger partial charge in [0.1, 0.15) is 11.9 Å². The molecule has 1 fully saturated rings. The van der Waals surface area contributed by atoms with Crippen molar-refractivity contribution >= 4 is 34.7 Å². The molecule has 8 heteroatoms. The van der Waals surface area contributed by atoms with Crippen LogP contribution < -0.4 is 5.32 Å². The number of nitrogens with one attached hydrogen (secondary N) is 1. The summed E-state index contributed by atoms with van der Waals surface area (Å²) in [7, 11) is 1.37. The molecule has 164 valence electrons. The Kier molecular flexibility index (Phi) is 6.72. The van der Waals surface area contributed by atoms with Gasteiger partial charge in [-0.1, -0.05) is 43.9 Å². The summed E-state index contributed by atoms with van der Waals surface area (Å²) in [5.74, 6) is 0.539. The number of thiazole rings is 1. The van der Waals surface area contributed by atoms with Gasteiger partial charge in [0.25, 0.3) is 0 Å². The monoisotopic (exact) mass is 461 g/mol. The van der Waals surface area contributed by atoms with Gasteiger partial charge in [0, 0.05) is 27.9 Å². The van der Waals surface area contributed by atoms with E-state index in [0.29, 0.717) is 22.9 Å². The number of rotatable bonds is 4. The SMILES string of the molecule is COC(=O)C1=C(C2CCCC(C)CC2)NC(c2nccs2)=NC1c1ccc(F)cc1Cl. The van der Waals surface area contributed by atoms with Crippen molar-refractivity contribution in [3.05, 3.63) is 62.5 Å². The number of hydrogen-bond donors (Lipinski definition) is 1. The van der Waals surface area contributed by atoms with Gasteiger partial charge in [-0.15, -0.1) is 11.3 Å². The average Bonchev–Trinajstić information content (AvgIpc) is 3.21. The summed E-state index contributed by atoms with van der Waals surface area (Å²) in [6.07, 6.45) is 7.03. The molecule has 0 amide bonds. The fourth-order valence-electron chi connectivity index (χ4n) is 4.39. The second-order valence-corrected chi connectivity index (χ2v) is 9.44. The zero-order valence-electron chi connectivity index (χ0n) is 17.5. The summed E-state index contributed by atoms with van der Waals surface area (Å²) in [6.45, 7) is 2.27. The van der Waals surface area contributed by atoms with E-state index in [1.807, 2.05) is 5.38 Å². The lowest BCUT2D eigenvalue weighted by molar-refractivity contribution is -0.136. The highest BCUT2D eigenvalue weighted by molar-refractivity contribution is 7.11.